The van der Waals surface area contributed by atoms with Gasteiger partial charge in [-0.15, -0.1) is 0 Å². The van der Waals surface area contributed by atoms with Crippen molar-refractivity contribution < 1.29 is 14.3 Å². The molecule has 0 aliphatic heterocycles. The molecular weight excluding hydrogens is 223 g/mol. The van der Waals surface area contributed by atoms with E-state index in [1.807, 2.05) is 0 Å². The summed E-state index contributed by atoms with van der Waals surface area (Å²) in [5.41, 5.74) is 0.232. The van der Waals surface area contributed by atoms with Crippen molar-refractivity contribution in [1.29, 1.82) is 0 Å². The average molecular weight is 238 g/mol. The third-order valence-electron chi connectivity index (χ3n) is 3.03. The van der Waals surface area contributed by atoms with E-state index in [4.69, 9.17) is 0 Å². The molecule has 2 N–H and O–H groups in total. The van der Waals surface area contributed by atoms with Gasteiger partial charge < -0.3 is 10.4 Å². The molecule has 5 heteroatoms. The Bertz CT molecular complexity index is 411. The SMILES string of the molecule is O=C(N[C@@H]1CCCC[C@@H]1O)c1ccnc(F)c1. The molecule has 1 heterocycles. The van der Waals surface area contributed by atoms with E-state index >= 15 is 0 Å². The summed E-state index contributed by atoms with van der Waals surface area (Å²) in [7, 11) is 0. The molecule has 2 atom stereocenters. The molecule has 92 valence electrons. The van der Waals surface area contributed by atoms with Crippen molar-refractivity contribution in [2.45, 2.75) is 37.8 Å². The van der Waals surface area contributed by atoms with Gasteiger partial charge in [-0.25, -0.2) is 4.98 Å². The van der Waals surface area contributed by atoms with Crippen LogP contribution in [0.4, 0.5) is 4.39 Å². The monoisotopic (exact) mass is 238 g/mol. The topological polar surface area (TPSA) is 62.2 Å². The lowest BCUT2D eigenvalue weighted by molar-refractivity contribution is 0.0717. The zero-order valence-corrected chi connectivity index (χ0v) is 9.40. The molecule has 0 saturated heterocycles. The Hall–Kier alpha value is -1.49. The van der Waals surface area contributed by atoms with Crippen LogP contribution in [0.3, 0.4) is 0 Å². The largest absolute Gasteiger partial charge is 0.391 e. The predicted molar refractivity (Wildman–Crippen MR) is 59.9 cm³/mol. The van der Waals surface area contributed by atoms with Crippen LogP contribution in [0.1, 0.15) is 36.0 Å². The number of hydrogen-bond donors (Lipinski definition) is 2. The quantitative estimate of drug-likeness (QED) is 0.762. The molecule has 0 bridgehead atoms. The van der Waals surface area contributed by atoms with Crippen LogP contribution in [0.25, 0.3) is 0 Å². The van der Waals surface area contributed by atoms with Gasteiger partial charge in [-0.05, 0) is 18.9 Å². The molecule has 4 nitrogen and oxygen atoms in total. The second-order valence-electron chi connectivity index (χ2n) is 4.30. The van der Waals surface area contributed by atoms with Crippen LogP contribution in [0, 0.1) is 5.95 Å². The highest BCUT2D eigenvalue weighted by Crippen LogP contribution is 2.18. The Labute approximate surface area is 98.9 Å². The number of aliphatic hydroxyl groups is 1. The number of hydrogen-bond acceptors (Lipinski definition) is 3. The molecule has 1 aliphatic carbocycles. The molecule has 0 unspecified atom stereocenters. The normalized spacial score (nSPS) is 24.4. The van der Waals surface area contributed by atoms with Gasteiger partial charge in [0.05, 0.1) is 12.1 Å². The highest BCUT2D eigenvalue weighted by Gasteiger charge is 2.24. The fraction of sp³-hybridized carbons (Fsp3) is 0.500. The molecule has 1 saturated carbocycles. The zero-order valence-electron chi connectivity index (χ0n) is 9.40. The molecule has 1 aliphatic rings. The minimum Gasteiger partial charge on any atom is -0.391 e. The van der Waals surface area contributed by atoms with Crippen molar-refractivity contribution in [3.63, 3.8) is 0 Å². The van der Waals surface area contributed by atoms with Gasteiger partial charge >= 0.3 is 0 Å². The van der Waals surface area contributed by atoms with E-state index in [2.05, 4.69) is 10.3 Å². The van der Waals surface area contributed by atoms with Gasteiger partial charge in [0.15, 0.2) is 0 Å². The molecule has 0 radical (unpaired) electrons. The van der Waals surface area contributed by atoms with Gasteiger partial charge in [0.25, 0.3) is 5.91 Å². The van der Waals surface area contributed by atoms with E-state index in [0.29, 0.717) is 6.42 Å². The minimum atomic E-state index is -0.679. The van der Waals surface area contributed by atoms with E-state index < -0.39 is 12.1 Å². The Balaban J connectivity index is 2.01. The average Bonchev–Trinajstić information content (AvgIpc) is 2.32. The van der Waals surface area contributed by atoms with Crippen LogP contribution in [-0.4, -0.2) is 28.1 Å². The molecule has 2 rings (SSSR count). The maximum atomic E-state index is 12.8. The summed E-state index contributed by atoms with van der Waals surface area (Å²) in [5, 5.41) is 12.4. The predicted octanol–water partition coefficient (Wildman–Crippen LogP) is 1.25. The Morgan fingerprint density at radius 3 is 2.94 bits per heavy atom. The van der Waals surface area contributed by atoms with E-state index in [9.17, 15) is 14.3 Å². The summed E-state index contributed by atoms with van der Waals surface area (Å²) in [5.74, 6) is -1.04. The first-order valence-electron chi connectivity index (χ1n) is 5.77. The van der Waals surface area contributed by atoms with Crippen molar-refractivity contribution in [1.82, 2.24) is 10.3 Å². The number of amides is 1. The van der Waals surface area contributed by atoms with E-state index in [0.717, 1.165) is 25.3 Å². The molecule has 1 aromatic heterocycles. The number of pyridine rings is 1. The third-order valence-corrected chi connectivity index (χ3v) is 3.03. The van der Waals surface area contributed by atoms with E-state index in [1.165, 1.54) is 12.3 Å². The highest BCUT2D eigenvalue weighted by atomic mass is 19.1. The van der Waals surface area contributed by atoms with Crippen LogP contribution >= 0.6 is 0 Å². The minimum absolute atomic E-state index is 0.229. The van der Waals surface area contributed by atoms with Crippen molar-refractivity contribution in [2.24, 2.45) is 0 Å². The zero-order chi connectivity index (χ0) is 12.3. The maximum absolute atomic E-state index is 12.8. The molecular formula is C12H15FN2O2. The number of carbonyl (C=O) groups excluding carboxylic acids is 1. The number of nitrogens with one attached hydrogen (secondary N) is 1. The summed E-state index contributed by atoms with van der Waals surface area (Å²) < 4.78 is 12.8. The lowest BCUT2D eigenvalue weighted by Gasteiger charge is -2.28. The lowest BCUT2D eigenvalue weighted by Crippen LogP contribution is -2.45. The molecule has 0 spiro atoms. The van der Waals surface area contributed by atoms with Gasteiger partial charge in [0, 0.05) is 17.8 Å². The van der Waals surface area contributed by atoms with Crippen LogP contribution in [0.2, 0.25) is 0 Å². The Morgan fingerprint density at radius 2 is 2.24 bits per heavy atom. The molecule has 1 fully saturated rings. The first-order chi connectivity index (χ1) is 8.16. The van der Waals surface area contributed by atoms with Crippen LogP contribution in [0.15, 0.2) is 18.3 Å². The fourth-order valence-electron chi connectivity index (χ4n) is 2.08. The summed E-state index contributed by atoms with van der Waals surface area (Å²) in [6.07, 6.45) is 4.20. The first-order valence-corrected chi connectivity index (χ1v) is 5.77. The number of halogens is 1. The van der Waals surface area contributed by atoms with E-state index in [1.54, 1.807) is 0 Å². The number of rotatable bonds is 2. The third kappa shape index (κ3) is 3.00. The lowest BCUT2D eigenvalue weighted by atomic mass is 9.92. The molecule has 17 heavy (non-hydrogen) atoms. The summed E-state index contributed by atoms with van der Waals surface area (Å²) >= 11 is 0. The smallest absolute Gasteiger partial charge is 0.251 e. The second-order valence-corrected chi connectivity index (χ2v) is 4.30. The molecule has 1 amide bonds. The van der Waals surface area contributed by atoms with Crippen LogP contribution in [0.5, 0.6) is 0 Å². The van der Waals surface area contributed by atoms with Gasteiger partial charge in [0.2, 0.25) is 5.95 Å². The fourth-order valence-corrected chi connectivity index (χ4v) is 2.08. The van der Waals surface area contributed by atoms with Crippen molar-refractivity contribution in [3.8, 4) is 0 Å². The number of aromatic nitrogens is 1. The summed E-state index contributed by atoms with van der Waals surface area (Å²) in [6.45, 7) is 0. The standard InChI is InChI=1S/C12H15FN2O2/c13-11-7-8(5-6-14-11)12(17)15-9-3-1-2-4-10(9)16/h5-7,9-10,16H,1-4H2,(H,15,17)/t9-,10+/m1/s1. The summed E-state index contributed by atoms with van der Waals surface area (Å²) in [4.78, 5) is 15.2. The molecule has 0 aromatic carbocycles. The van der Waals surface area contributed by atoms with E-state index in [-0.39, 0.29) is 17.5 Å². The van der Waals surface area contributed by atoms with Crippen LogP contribution in [-0.2, 0) is 0 Å². The van der Waals surface area contributed by atoms with Gasteiger partial charge in [-0.1, -0.05) is 12.8 Å². The van der Waals surface area contributed by atoms with Crippen LogP contribution < -0.4 is 5.32 Å². The molecule has 1 aromatic rings. The Morgan fingerprint density at radius 1 is 1.47 bits per heavy atom. The van der Waals surface area contributed by atoms with Gasteiger partial charge in [-0.3, -0.25) is 4.79 Å². The number of nitrogens with zero attached hydrogens (tertiary/aromatic N) is 1. The van der Waals surface area contributed by atoms with Gasteiger partial charge in [-0.2, -0.15) is 4.39 Å². The maximum Gasteiger partial charge on any atom is 0.251 e. The first kappa shape index (κ1) is 12.0. The van der Waals surface area contributed by atoms with Gasteiger partial charge in [0.1, 0.15) is 0 Å². The summed E-state index contributed by atoms with van der Waals surface area (Å²) in [6, 6.07) is 2.31. The number of aliphatic hydroxyl groups excluding tert-OH is 1. The Kier molecular flexibility index (Phi) is 3.68. The second kappa shape index (κ2) is 5.23. The van der Waals surface area contributed by atoms with Crippen molar-refractivity contribution in [2.75, 3.05) is 0 Å². The van der Waals surface area contributed by atoms with Crippen molar-refractivity contribution >= 4 is 5.91 Å². The number of carbonyl (C=O) groups is 1. The van der Waals surface area contributed by atoms with Crippen molar-refractivity contribution in [3.05, 3.63) is 29.8 Å². The highest BCUT2D eigenvalue weighted by molar-refractivity contribution is 5.94.